The van der Waals surface area contributed by atoms with Gasteiger partial charge in [-0.25, -0.2) is 9.66 Å². The molecule has 0 unspecified atom stereocenters. The van der Waals surface area contributed by atoms with E-state index in [4.69, 9.17) is 9.47 Å². The number of hydrogen-bond acceptors (Lipinski definition) is 7. The molecule has 0 fully saturated rings. The number of hydrogen-bond donors (Lipinski definition) is 2. The minimum absolute atomic E-state index is 0.156. The maximum Gasteiger partial charge on any atom is 0.406 e. The number of alkyl halides is 3. The van der Waals surface area contributed by atoms with E-state index in [2.05, 4.69) is 40.0 Å². The molecule has 1 amide bonds. The van der Waals surface area contributed by atoms with Crippen molar-refractivity contribution in [2.75, 3.05) is 43.6 Å². The third-order valence-electron chi connectivity index (χ3n) is 8.99. The van der Waals surface area contributed by atoms with E-state index < -0.39 is 30.5 Å². The van der Waals surface area contributed by atoms with Gasteiger partial charge in [-0.05, 0) is 54.5 Å². The minimum Gasteiger partial charge on any atom is -0.493 e. The Bertz CT molecular complexity index is 1470. The zero-order valence-corrected chi connectivity index (χ0v) is 28.1. The van der Waals surface area contributed by atoms with Crippen LogP contribution in [0.15, 0.2) is 54.7 Å². The number of amides is 1. The zero-order chi connectivity index (χ0) is 34.5. The molecule has 5 rings (SSSR count). The highest BCUT2D eigenvalue weighted by Crippen LogP contribution is 2.30. The van der Waals surface area contributed by atoms with Crippen LogP contribution in [0.2, 0.25) is 0 Å². The smallest absolute Gasteiger partial charge is 0.406 e. The van der Waals surface area contributed by atoms with Gasteiger partial charge in [0.2, 0.25) is 11.9 Å². The number of benzene rings is 2. The highest BCUT2D eigenvalue weighted by Gasteiger charge is 2.38. The zero-order valence-electron chi connectivity index (χ0n) is 28.1. The van der Waals surface area contributed by atoms with Gasteiger partial charge < -0.3 is 25.1 Å². The molecule has 9 nitrogen and oxygen atoms in total. The first-order valence-electron chi connectivity index (χ1n) is 17.6. The average molecular weight is 684 g/mol. The standard InChI is InChI=1S/C37H48F3N5O4/c38-37(39,40)27-44-25-31-23-33(48-21-17-32-26-45-36(43-32)41-18-19-42-45)16-15-29(31)22-30(35(44)47)24-34(46)49-20-11-6-4-2-1-3-5-8-12-28-13-9-7-10-14-28/h7,9-10,13-16,23,26,30,42H,1-6,8,11-12,17-22,24-25,27H2,(H,41,43)/t30-/m0/s1. The van der Waals surface area contributed by atoms with Crippen molar-refractivity contribution in [3.8, 4) is 5.75 Å². The van der Waals surface area contributed by atoms with Gasteiger partial charge in [0, 0.05) is 26.1 Å². The second-order valence-electron chi connectivity index (χ2n) is 13.0. The molecule has 49 heavy (non-hydrogen) atoms. The maximum atomic E-state index is 13.5. The van der Waals surface area contributed by atoms with E-state index in [1.54, 1.807) is 18.2 Å². The fourth-order valence-electron chi connectivity index (χ4n) is 6.44. The summed E-state index contributed by atoms with van der Waals surface area (Å²) >= 11 is 0. The molecule has 2 aromatic carbocycles. The number of esters is 1. The van der Waals surface area contributed by atoms with E-state index >= 15 is 0 Å². The molecule has 0 radical (unpaired) electrons. The summed E-state index contributed by atoms with van der Waals surface area (Å²) in [5.41, 5.74) is 6.73. The van der Waals surface area contributed by atoms with E-state index in [-0.39, 0.29) is 26.0 Å². The number of aryl methyl sites for hydroxylation is 1. The summed E-state index contributed by atoms with van der Waals surface area (Å²) in [5.74, 6) is -0.940. The molecule has 0 spiro atoms. The fourth-order valence-corrected chi connectivity index (χ4v) is 6.44. The molecule has 3 aromatic rings. The van der Waals surface area contributed by atoms with Gasteiger partial charge >= 0.3 is 12.1 Å². The average Bonchev–Trinajstić information content (AvgIpc) is 3.45. The van der Waals surface area contributed by atoms with Gasteiger partial charge in [0.1, 0.15) is 12.3 Å². The van der Waals surface area contributed by atoms with E-state index in [1.807, 2.05) is 16.9 Å². The van der Waals surface area contributed by atoms with Gasteiger partial charge in [0.05, 0.1) is 37.4 Å². The number of ether oxygens (including phenoxy) is 2. The second kappa shape index (κ2) is 18.0. The Morgan fingerprint density at radius 1 is 0.898 bits per heavy atom. The third kappa shape index (κ3) is 11.7. The summed E-state index contributed by atoms with van der Waals surface area (Å²) in [7, 11) is 0. The monoisotopic (exact) mass is 683 g/mol. The van der Waals surface area contributed by atoms with Crippen LogP contribution in [0, 0.1) is 5.92 Å². The van der Waals surface area contributed by atoms with Crippen molar-refractivity contribution in [1.82, 2.24) is 14.6 Å². The van der Waals surface area contributed by atoms with Crippen LogP contribution in [0.1, 0.15) is 80.2 Å². The molecule has 2 aliphatic rings. The number of carbonyl (C=O) groups excluding carboxylic acids is 2. The fraction of sp³-hybridized carbons (Fsp3) is 0.541. The van der Waals surface area contributed by atoms with Crippen LogP contribution in [0.4, 0.5) is 19.1 Å². The van der Waals surface area contributed by atoms with Gasteiger partial charge in [0.15, 0.2) is 0 Å². The number of fused-ring (bicyclic) bond motifs is 2. The molecule has 1 atom stereocenters. The number of anilines is 1. The summed E-state index contributed by atoms with van der Waals surface area (Å²) in [6.07, 6.45) is 7.55. The Labute approximate surface area is 286 Å². The van der Waals surface area contributed by atoms with Gasteiger partial charge in [-0.2, -0.15) is 13.2 Å². The number of nitrogens with one attached hydrogen (secondary N) is 2. The largest absolute Gasteiger partial charge is 0.493 e. The number of unbranched alkanes of at least 4 members (excludes halogenated alkanes) is 7. The molecule has 3 heterocycles. The number of rotatable bonds is 18. The van der Waals surface area contributed by atoms with Gasteiger partial charge in [-0.15, -0.1) is 0 Å². The Hall–Kier alpha value is -4.22. The number of nitrogens with zero attached hydrogens (tertiary/aromatic N) is 3. The quantitative estimate of drug-likeness (QED) is 0.112. The predicted octanol–water partition coefficient (Wildman–Crippen LogP) is 6.83. The molecule has 0 aliphatic carbocycles. The molecule has 2 N–H and O–H groups in total. The SMILES string of the molecule is O=C(C[C@@H]1Cc2ccc(OCCc3cn4c(n3)NCCN4)cc2CN(CC(F)(F)F)C1=O)OCCCCCCCCCCc1ccccc1. The summed E-state index contributed by atoms with van der Waals surface area (Å²) in [5, 5.41) is 3.21. The van der Waals surface area contributed by atoms with Crippen LogP contribution >= 0.6 is 0 Å². The van der Waals surface area contributed by atoms with Crippen LogP contribution in [-0.2, 0) is 40.1 Å². The van der Waals surface area contributed by atoms with Crippen molar-refractivity contribution in [2.45, 2.75) is 89.8 Å². The molecule has 0 bridgehead atoms. The minimum atomic E-state index is -4.57. The van der Waals surface area contributed by atoms with Gasteiger partial charge in [0.25, 0.3) is 0 Å². The summed E-state index contributed by atoms with van der Waals surface area (Å²) in [6, 6.07) is 15.8. The molecule has 0 saturated heterocycles. The molecule has 1 aromatic heterocycles. The van der Waals surface area contributed by atoms with Crippen molar-refractivity contribution in [1.29, 1.82) is 0 Å². The highest BCUT2D eigenvalue weighted by atomic mass is 19.4. The number of carbonyl (C=O) groups is 2. The predicted molar refractivity (Wildman–Crippen MR) is 182 cm³/mol. The first kappa shape index (κ1) is 36.1. The van der Waals surface area contributed by atoms with Gasteiger partial charge in [-0.3, -0.25) is 9.59 Å². The first-order valence-corrected chi connectivity index (χ1v) is 17.6. The van der Waals surface area contributed by atoms with Crippen LogP contribution in [-0.4, -0.2) is 65.5 Å². The summed E-state index contributed by atoms with van der Waals surface area (Å²) in [6.45, 7) is 0.547. The lowest BCUT2D eigenvalue weighted by atomic mass is 9.94. The Balaban J connectivity index is 1.04. The lowest BCUT2D eigenvalue weighted by molar-refractivity contribution is -0.165. The molecule has 12 heteroatoms. The number of imidazole rings is 1. The molecule has 2 aliphatic heterocycles. The van der Waals surface area contributed by atoms with Crippen LogP contribution in [0.5, 0.6) is 5.75 Å². The lowest BCUT2D eigenvalue weighted by Gasteiger charge is -2.25. The van der Waals surface area contributed by atoms with Crippen molar-refractivity contribution in [3.05, 3.63) is 77.1 Å². The second-order valence-corrected chi connectivity index (χ2v) is 13.0. The third-order valence-corrected chi connectivity index (χ3v) is 8.99. The van der Waals surface area contributed by atoms with Crippen LogP contribution < -0.4 is 15.5 Å². The lowest BCUT2D eigenvalue weighted by Crippen LogP contribution is -2.41. The number of aromatic nitrogens is 2. The summed E-state index contributed by atoms with van der Waals surface area (Å²) in [4.78, 5) is 31.3. The van der Waals surface area contributed by atoms with Crippen LogP contribution in [0.3, 0.4) is 0 Å². The Morgan fingerprint density at radius 3 is 2.41 bits per heavy atom. The normalized spacial score (nSPS) is 15.9. The molecule has 266 valence electrons. The van der Waals surface area contributed by atoms with Crippen molar-refractivity contribution in [3.63, 3.8) is 0 Å². The molecular formula is C37H48F3N5O4. The topological polar surface area (TPSA) is 97.7 Å². The molecule has 0 saturated carbocycles. The molecular weight excluding hydrogens is 635 g/mol. The maximum absolute atomic E-state index is 13.5. The number of halogens is 3. The Kier molecular flexibility index (Phi) is 13.2. The van der Waals surface area contributed by atoms with Gasteiger partial charge in [-0.1, -0.05) is 74.9 Å². The van der Waals surface area contributed by atoms with Crippen molar-refractivity contribution in [2.24, 2.45) is 5.92 Å². The van der Waals surface area contributed by atoms with Crippen LogP contribution in [0.25, 0.3) is 0 Å². The van der Waals surface area contributed by atoms with E-state index in [1.165, 1.54) is 31.2 Å². The first-order chi connectivity index (χ1) is 23.7. The van der Waals surface area contributed by atoms with E-state index in [0.29, 0.717) is 24.3 Å². The Morgan fingerprint density at radius 2 is 1.65 bits per heavy atom. The van der Waals surface area contributed by atoms with Crippen molar-refractivity contribution < 1.29 is 32.2 Å². The van der Waals surface area contributed by atoms with Crippen molar-refractivity contribution >= 4 is 17.8 Å². The summed E-state index contributed by atoms with van der Waals surface area (Å²) < 4.78 is 53.7. The highest BCUT2D eigenvalue weighted by molar-refractivity contribution is 5.84. The van der Waals surface area contributed by atoms with E-state index in [0.717, 1.165) is 67.3 Å². The van der Waals surface area contributed by atoms with E-state index in [9.17, 15) is 22.8 Å².